The summed E-state index contributed by atoms with van der Waals surface area (Å²) < 4.78 is 74.3. The van der Waals surface area contributed by atoms with Crippen molar-refractivity contribution in [3.8, 4) is 0 Å². The van der Waals surface area contributed by atoms with E-state index < -0.39 is 42.4 Å². The summed E-state index contributed by atoms with van der Waals surface area (Å²) >= 11 is 0. The van der Waals surface area contributed by atoms with Crippen LogP contribution in [0.25, 0.3) is 0 Å². The van der Waals surface area contributed by atoms with Crippen LogP contribution in [0, 0.1) is 0 Å². The SMILES string of the molecule is NCc1ccc(NC(=O)CCC(F)(F)F)c(C(F)(F)F)c1. The molecule has 0 unspecified atom stereocenters. The van der Waals surface area contributed by atoms with E-state index in [0.29, 0.717) is 0 Å². The van der Waals surface area contributed by atoms with Gasteiger partial charge in [0, 0.05) is 13.0 Å². The Labute approximate surface area is 116 Å². The molecule has 0 aliphatic carbocycles. The molecule has 21 heavy (non-hydrogen) atoms. The van der Waals surface area contributed by atoms with E-state index in [2.05, 4.69) is 0 Å². The Kier molecular flexibility index (Phi) is 5.21. The second-order valence-corrected chi connectivity index (χ2v) is 4.25. The maximum absolute atomic E-state index is 12.8. The van der Waals surface area contributed by atoms with Gasteiger partial charge in [0.15, 0.2) is 0 Å². The number of carbonyl (C=O) groups excluding carboxylic acids is 1. The molecule has 0 radical (unpaired) electrons. The van der Waals surface area contributed by atoms with Crippen molar-refractivity contribution in [2.45, 2.75) is 31.7 Å². The number of amides is 1. The highest BCUT2D eigenvalue weighted by molar-refractivity contribution is 5.91. The first kappa shape index (κ1) is 17.3. The molecule has 0 bridgehead atoms. The molecule has 0 fully saturated rings. The normalized spacial score (nSPS) is 12.3. The van der Waals surface area contributed by atoms with Gasteiger partial charge in [-0.25, -0.2) is 0 Å². The van der Waals surface area contributed by atoms with Gasteiger partial charge >= 0.3 is 12.4 Å². The number of rotatable bonds is 4. The largest absolute Gasteiger partial charge is 0.418 e. The van der Waals surface area contributed by atoms with Crippen LogP contribution >= 0.6 is 0 Å². The van der Waals surface area contributed by atoms with Crippen LogP contribution in [0.3, 0.4) is 0 Å². The Hall–Kier alpha value is -1.77. The fraction of sp³-hybridized carbons (Fsp3) is 0.417. The van der Waals surface area contributed by atoms with Gasteiger partial charge in [-0.1, -0.05) is 6.07 Å². The van der Waals surface area contributed by atoms with Crippen LogP contribution in [0.15, 0.2) is 18.2 Å². The van der Waals surface area contributed by atoms with Gasteiger partial charge in [-0.3, -0.25) is 4.79 Å². The molecule has 3 nitrogen and oxygen atoms in total. The number of halogens is 6. The molecule has 1 aromatic carbocycles. The van der Waals surface area contributed by atoms with E-state index in [4.69, 9.17) is 5.73 Å². The van der Waals surface area contributed by atoms with Crippen molar-refractivity contribution >= 4 is 11.6 Å². The lowest BCUT2D eigenvalue weighted by Gasteiger charge is -2.15. The Morgan fingerprint density at radius 1 is 1.14 bits per heavy atom. The van der Waals surface area contributed by atoms with Gasteiger partial charge in [0.1, 0.15) is 0 Å². The number of anilines is 1. The third kappa shape index (κ3) is 5.62. The average Bonchev–Trinajstić information content (AvgIpc) is 2.35. The van der Waals surface area contributed by atoms with E-state index in [1.165, 1.54) is 6.07 Å². The van der Waals surface area contributed by atoms with Crippen LogP contribution in [0.5, 0.6) is 0 Å². The van der Waals surface area contributed by atoms with Crippen LogP contribution in [0.2, 0.25) is 0 Å². The zero-order chi connectivity index (χ0) is 16.3. The second kappa shape index (κ2) is 6.33. The minimum atomic E-state index is -4.75. The Morgan fingerprint density at radius 2 is 1.76 bits per heavy atom. The van der Waals surface area contributed by atoms with Gasteiger partial charge in [0.2, 0.25) is 5.91 Å². The summed E-state index contributed by atoms with van der Waals surface area (Å²) in [6.45, 7) is -0.134. The first-order valence-corrected chi connectivity index (χ1v) is 5.79. The molecule has 3 N–H and O–H groups in total. The van der Waals surface area contributed by atoms with Gasteiger partial charge in [0.25, 0.3) is 0 Å². The van der Waals surface area contributed by atoms with E-state index in [0.717, 1.165) is 12.1 Å². The minimum Gasteiger partial charge on any atom is -0.326 e. The van der Waals surface area contributed by atoms with E-state index in [9.17, 15) is 31.1 Å². The van der Waals surface area contributed by atoms with E-state index in [-0.39, 0.29) is 12.1 Å². The summed E-state index contributed by atoms with van der Waals surface area (Å²) in [6, 6.07) is 2.98. The first-order valence-electron chi connectivity index (χ1n) is 5.79. The maximum Gasteiger partial charge on any atom is 0.418 e. The molecule has 0 spiro atoms. The van der Waals surface area contributed by atoms with E-state index in [1.807, 2.05) is 5.32 Å². The molecule has 0 atom stereocenters. The molecule has 118 valence electrons. The number of carbonyl (C=O) groups is 1. The highest BCUT2D eigenvalue weighted by Gasteiger charge is 2.34. The highest BCUT2D eigenvalue weighted by atomic mass is 19.4. The molecule has 0 saturated heterocycles. The molecule has 1 amide bonds. The van der Waals surface area contributed by atoms with Crippen LogP contribution in [-0.2, 0) is 17.5 Å². The zero-order valence-electron chi connectivity index (χ0n) is 10.6. The number of hydrogen-bond acceptors (Lipinski definition) is 2. The Bertz CT molecular complexity index is 509. The first-order chi connectivity index (χ1) is 9.53. The number of benzene rings is 1. The third-order valence-corrected chi connectivity index (χ3v) is 2.53. The van der Waals surface area contributed by atoms with Gasteiger partial charge in [-0.2, -0.15) is 26.3 Å². The van der Waals surface area contributed by atoms with Crippen molar-refractivity contribution in [1.82, 2.24) is 0 Å². The Balaban J connectivity index is 2.90. The standard InChI is InChI=1S/C12H12F6N2O/c13-11(14,15)4-3-10(21)20-9-2-1-7(6-19)5-8(9)12(16,17)18/h1-2,5H,3-4,6,19H2,(H,20,21). The number of alkyl halides is 6. The molecule has 0 aromatic heterocycles. The summed E-state index contributed by atoms with van der Waals surface area (Å²) in [7, 11) is 0. The van der Waals surface area contributed by atoms with Crippen molar-refractivity contribution in [1.29, 1.82) is 0 Å². The maximum atomic E-state index is 12.8. The predicted molar refractivity (Wildman–Crippen MR) is 63.3 cm³/mol. The second-order valence-electron chi connectivity index (χ2n) is 4.25. The number of hydrogen-bond donors (Lipinski definition) is 2. The fourth-order valence-electron chi connectivity index (χ4n) is 1.53. The molecular formula is C12H12F6N2O. The smallest absolute Gasteiger partial charge is 0.326 e. The van der Waals surface area contributed by atoms with Gasteiger partial charge < -0.3 is 11.1 Å². The number of nitrogens with two attached hydrogens (primary N) is 1. The average molecular weight is 314 g/mol. The lowest BCUT2D eigenvalue weighted by molar-refractivity contribution is -0.142. The van der Waals surface area contributed by atoms with Crippen LogP contribution in [0.1, 0.15) is 24.0 Å². The molecule has 1 aromatic rings. The van der Waals surface area contributed by atoms with Gasteiger partial charge in [-0.15, -0.1) is 0 Å². The van der Waals surface area contributed by atoms with E-state index in [1.54, 1.807) is 0 Å². The van der Waals surface area contributed by atoms with Crippen LogP contribution in [0.4, 0.5) is 32.0 Å². The van der Waals surface area contributed by atoms with Crippen LogP contribution in [-0.4, -0.2) is 12.1 Å². The molecule has 1 rings (SSSR count). The lowest BCUT2D eigenvalue weighted by Crippen LogP contribution is -2.19. The minimum absolute atomic E-state index is 0.134. The molecule has 0 heterocycles. The molecule has 0 aliphatic rings. The monoisotopic (exact) mass is 314 g/mol. The van der Waals surface area contributed by atoms with Crippen molar-refractivity contribution < 1.29 is 31.1 Å². The molecule has 0 aliphatic heterocycles. The summed E-state index contributed by atoms with van der Waals surface area (Å²) in [5, 5.41) is 1.84. The fourth-order valence-corrected chi connectivity index (χ4v) is 1.53. The lowest BCUT2D eigenvalue weighted by atomic mass is 10.1. The zero-order valence-corrected chi connectivity index (χ0v) is 10.6. The van der Waals surface area contributed by atoms with Gasteiger partial charge in [0.05, 0.1) is 17.7 Å². The number of nitrogens with one attached hydrogen (secondary N) is 1. The quantitative estimate of drug-likeness (QED) is 0.836. The third-order valence-electron chi connectivity index (χ3n) is 2.53. The van der Waals surface area contributed by atoms with Crippen molar-refractivity contribution in [3.05, 3.63) is 29.3 Å². The molecular weight excluding hydrogens is 302 g/mol. The summed E-state index contributed by atoms with van der Waals surface area (Å²) in [5.74, 6) is -1.14. The summed E-state index contributed by atoms with van der Waals surface area (Å²) in [4.78, 5) is 11.3. The highest BCUT2D eigenvalue weighted by Crippen LogP contribution is 2.35. The van der Waals surface area contributed by atoms with Crippen molar-refractivity contribution in [2.24, 2.45) is 5.73 Å². The van der Waals surface area contributed by atoms with Crippen molar-refractivity contribution in [2.75, 3.05) is 5.32 Å². The topological polar surface area (TPSA) is 55.1 Å². The predicted octanol–water partition coefficient (Wildman–Crippen LogP) is 3.45. The van der Waals surface area contributed by atoms with Crippen molar-refractivity contribution in [3.63, 3.8) is 0 Å². The van der Waals surface area contributed by atoms with E-state index >= 15 is 0 Å². The molecule has 0 saturated carbocycles. The van der Waals surface area contributed by atoms with Crippen LogP contribution < -0.4 is 11.1 Å². The Morgan fingerprint density at radius 3 is 2.24 bits per heavy atom. The molecule has 9 heteroatoms. The van der Waals surface area contributed by atoms with Gasteiger partial charge in [-0.05, 0) is 17.7 Å². The summed E-state index contributed by atoms with van der Waals surface area (Å²) in [6.07, 6.45) is -11.6. The summed E-state index contributed by atoms with van der Waals surface area (Å²) in [5.41, 5.74) is 3.68.